The Hall–Kier alpha value is -3.74. The molecular weight excluding hydrogens is 372 g/mol. The minimum Gasteiger partial charge on any atom is -0.478 e. The number of imide groups is 1. The number of anilines is 2. The first kappa shape index (κ1) is 18.6. The smallest absolute Gasteiger partial charge is 0.335 e. The van der Waals surface area contributed by atoms with Gasteiger partial charge in [-0.05, 0) is 49.2 Å². The molecule has 1 fully saturated rings. The van der Waals surface area contributed by atoms with E-state index in [2.05, 4.69) is 5.32 Å². The van der Waals surface area contributed by atoms with E-state index in [4.69, 9.17) is 5.11 Å². The molecule has 2 N–H and O–H groups in total. The molecule has 146 valence electrons. The summed E-state index contributed by atoms with van der Waals surface area (Å²) in [7, 11) is 0. The molecule has 0 unspecified atom stereocenters. The highest BCUT2D eigenvalue weighted by molar-refractivity contribution is 6.22. The van der Waals surface area contributed by atoms with Crippen LogP contribution in [0.2, 0.25) is 0 Å². The van der Waals surface area contributed by atoms with Crippen molar-refractivity contribution in [1.82, 2.24) is 0 Å². The Labute approximate surface area is 166 Å². The normalized spacial score (nSPS) is 20.5. The highest BCUT2D eigenvalue weighted by Gasteiger charge is 2.47. The summed E-state index contributed by atoms with van der Waals surface area (Å²) < 4.78 is 0. The molecule has 2 aliphatic rings. The van der Waals surface area contributed by atoms with Gasteiger partial charge in [0.15, 0.2) is 0 Å². The minimum atomic E-state index is -1.09. The Morgan fingerprint density at radius 3 is 2.17 bits per heavy atom. The topological polar surface area (TPSA) is 104 Å². The summed E-state index contributed by atoms with van der Waals surface area (Å²) >= 11 is 0. The van der Waals surface area contributed by atoms with E-state index in [0.29, 0.717) is 24.2 Å². The van der Waals surface area contributed by atoms with E-state index in [-0.39, 0.29) is 34.8 Å². The van der Waals surface area contributed by atoms with Crippen LogP contribution in [-0.4, -0.2) is 28.8 Å². The van der Waals surface area contributed by atoms with Crippen LogP contribution in [0, 0.1) is 11.8 Å². The average Bonchev–Trinajstić information content (AvgIpc) is 2.99. The van der Waals surface area contributed by atoms with Gasteiger partial charge in [0, 0.05) is 11.3 Å². The minimum absolute atomic E-state index is 0.0565. The molecular formula is C22H18N2O5. The molecule has 7 nitrogen and oxygen atoms in total. The van der Waals surface area contributed by atoms with Crippen LogP contribution in [0.25, 0.3) is 0 Å². The molecule has 0 radical (unpaired) electrons. The first-order valence-electron chi connectivity index (χ1n) is 9.23. The molecule has 2 aromatic rings. The average molecular weight is 390 g/mol. The number of hydrogen-bond donors (Lipinski definition) is 2. The summed E-state index contributed by atoms with van der Waals surface area (Å²) in [5.74, 6) is -2.72. The number of allylic oxidation sites excluding steroid dienone is 2. The first-order valence-corrected chi connectivity index (χ1v) is 9.23. The van der Waals surface area contributed by atoms with E-state index >= 15 is 0 Å². The second-order valence-corrected chi connectivity index (χ2v) is 7.06. The molecule has 0 aromatic heterocycles. The second-order valence-electron chi connectivity index (χ2n) is 7.06. The molecule has 1 aliphatic heterocycles. The van der Waals surface area contributed by atoms with Gasteiger partial charge in [-0.15, -0.1) is 0 Å². The van der Waals surface area contributed by atoms with Crippen molar-refractivity contribution in [2.75, 3.05) is 10.2 Å². The van der Waals surface area contributed by atoms with Gasteiger partial charge in [0.25, 0.3) is 5.91 Å². The maximum Gasteiger partial charge on any atom is 0.335 e. The summed E-state index contributed by atoms with van der Waals surface area (Å²) in [5, 5.41) is 11.7. The largest absolute Gasteiger partial charge is 0.478 e. The van der Waals surface area contributed by atoms with Gasteiger partial charge in [0.1, 0.15) is 0 Å². The molecule has 1 aliphatic carbocycles. The van der Waals surface area contributed by atoms with Gasteiger partial charge in [-0.3, -0.25) is 19.3 Å². The molecule has 2 aromatic carbocycles. The van der Waals surface area contributed by atoms with Crippen molar-refractivity contribution in [3.8, 4) is 0 Å². The van der Waals surface area contributed by atoms with Crippen molar-refractivity contribution in [1.29, 1.82) is 0 Å². The SMILES string of the molecule is O=C(O)c1cccc(NC(=O)c2cccc(N3C(=O)[C@H]4CC=CC[C@H]4C3=O)c2)c1. The number of aromatic carboxylic acids is 1. The van der Waals surface area contributed by atoms with Crippen molar-refractivity contribution in [2.45, 2.75) is 12.8 Å². The summed E-state index contributed by atoms with van der Waals surface area (Å²) in [4.78, 5) is 50.4. The molecule has 1 heterocycles. The lowest BCUT2D eigenvalue weighted by molar-refractivity contribution is -0.122. The number of benzene rings is 2. The summed E-state index contributed by atoms with van der Waals surface area (Å²) in [6.45, 7) is 0. The molecule has 1 saturated heterocycles. The zero-order valence-corrected chi connectivity index (χ0v) is 15.4. The van der Waals surface area contributed by atoms with E-state index in [9.17, 15) is 19.2 Å². The third kappa shape index (κ3) is 3.42. The maximum atomic E-state index is 12.7. The van der Waals surface area contributed by atoms with Gasteiger partial charge in [-0.2, -0.15) is 0 Å². The number of fused-ring (bicyclic) bond motifs is 1. The van der Waals surface area contributed by atoms with Crippen LogP contribution in [0.15, 0.2) is 60.7 Å². The highest BCUT2D eigenvalue weighted by Crippen LogP contribution is 2.37. The molecule has 0 spiro atoms. The van der Waals surface area contributed by atoms with Gasteiger partial charge >= 0.3 is 5.97 Å². The van der Waals surface area contributed by atoms with Crippen molar-refractivity contribution in [2.24, 2.45) is 11.8 Å². The predicted octanol–water partition coefficient (Wildman–Crippen LogP) is 3.09. The summed E-state index contributed by atoms with van der Waals surface area (Å²) in [6, 6.07) is 12.2. The van der Waals surface area contributed by atoms with Gasteiger partial charge in [-0.1, -0.05) is 24.3 Å². The van der Waals surface area contributed by atoms with Crippen LogP contribution in [0.4, 0.5) is 11.4 Å². The van der Waals surface area contributed by atoms with Gasteiger partial charge in [-0.25, -0.2) is 4.79 Å². The summed E-state index contributed by atoms with van der Waals surface area (Å²) in [5.41, 5.74) is 1.02. The first-order chi connectivity index (χ1) is 14.0. The quantitative estimate of drug-likeness (QED) is 0.617. The number of hydrogen-bond acceptors (Lipinski definition) is 4. The Kier molecular flexibility index (Phi) is 4.72. The van der Waals surface area contributed by atoms with Gasteiger partial charge in [0.05, 0.1) is 23.1 Å². The zero-order valence-electron chi connectivity index (χ0n) is 15.4. The standard InChI is InChI=1S/C22H18N2O5/c25-19(23-15-7-3-6-14(11-15)22(28)29)13-5-4-8-16(12-13)24-20(26)17-9-1-2-10-18(17)21(24)27/h1-8,11-12,17-18H,9-10H2,(H,23,25)(H,28,29)/t17-,18+. The molecule has 0 saturated carbocycles. The van der Waals surface area contributed by atoms with Gasteiger partial charge in [0.2, 0.25) is 11.8 Å². The third-order valence-corrected chi connectivity index (χ3v) is 5.24. The molecule has 0 bridgehead atoms. The maximum absolute atomic E-state index is 12.7. The fraction of sp³-hybridized carbons (Fsp3) is 0.182. The monoisotopic (exact) mass is 390 g/mol. The lowest BCUT2D eigenvalue weighted by atomic mass is 9.85. The number of carboxylic acids is 1. The van der Waals surface area contributed by atoms with E-state index in [1.807, 2.05) is 12.2 Å². The van der Waals surface area contributed by atoms with Crippen LogP contribution in [-0.2, 0) is 9.59 Å². The number of nitrogens with zero attached hydrogens (tertiary/aromatic N) is 1. The Morgan fingerprint density at radius 1 is 0.897 bits per heavy atom. The lowest BCUT2D eigenvalue weighted by Gasteiger charge is -2.16. The predicted molar refractivity (Wildman–Crippen MR) is 106 cm³/mol. The highest BCUT2D eigenvalue weighted by atomic mass is 16.4. The molecule has 3 amide bonds. The van der Waals surface area contributed by atoms with E-state index in [0.717, 1.165) is 0 Å². The van der Waals surface area contributed by atoms with Crippen LogP contribution in [0.3, 0.4) is 0 Å². The molecule has 2 atom stereocenters. The molecule has 7 heteroatoms. The van der Waals surface area contributed by atoms with E-state index < -0.39 is 11.9 Å². The fourth-order valence-electron chi connectivity index (χ4n) is 3.77. The van der Waals surface area contributed by atoms with Crippen molar-refractivity contribution in [3.63, 3.8) is 0 Å². The van der Waals surface area contributed by atoms with Gasteiger partial charge < -0.3 is 10.4 Å². The Morgan fingerprint density at radius 2 is 1.52 bits per heavy atom. The Balaban J connectivity index is 1.57. The number of amides is 3. The lowest BCUT2D eigenvalue weighted by Crippen LogP contribution is -2.31. The number of nitrogens with one attached hydrogen (secondary N) is 1. The Bertz CT molecular complexity index is 1030. The van der Waals surface area contributed by atoms with Crippen LogP contribution in [0.5, 0.6) is 0 Å². The van der Waals surface area contributed by atoms with Crippen LogP contribution < -0.4 is 10.2 Å². The molecule has 4 rings (SSSR count). The number of carbonyl (C=O) groups is 4. The van der Waals surface area contributed by atoms with Crippen molar-refractivity contribution >= 4 is 35.1 Å². The number of rotatable bonds is 4. The van der Waals surface area contributed by atoms with E-state index in [1.165, 1.54) is 29.2 Å². The van der Waals surface area contributed by atoms with E-state index in [1.54, 1.807) is 24.3 Å². The summed E-state index contributed by atoms with van der Waals surface area (Å²) in [6.07, 6.45) is 4.94. The number of carboxylic acid groups (broad SMARTS) is 1. The molecule has 29 heavy (non-hydrogen) atoms. The van der Waals surface area contributed by atoms with Crippen LogP contribution >= 0.6 is 0 Å². The fourth-order valence-corrected chi connectivity index (χ4v) is 3.77. The van der Waals surface area contributed by atoms with Crippen LogP contribution in [0.1, 0.15) is 33.6 Å². The number of carbonyl (C=O) groups excluding carboxylic acids is 3. The third-order valence-electron chi connectivity index (χ3n) is 5.24. The van der Waals surface area contributed by atoms with Crippen molar-refractivity contribution in [3.05, 3.63) is 71.8 Å². The second kappa shape index (κ2) is 7.35. The zero-order chi connectivity index (χ0) is 20.5. The van der Waals surface area contributed by atoms with Crippen molar-refractivity contribution < 1.29 is 24.3 Å².